The third-order valence-corrected chi connectivity index (χ3v) is 3.13. The lowest BCUT2D eigenvalue weighted by atomic mass is 10.2. The molecule has 3 nitrogen and oxygen atoms in total. The summed E-state index contributed by atoms with van der Waals surface area (Å²) in [6, 6.07) is 7.12. The fraction of sp³-hybridized carbons (Fsp3) is 0.200. The van der Waals surface area contributed by atoms with Gasteiger partial charge < -0.3 is 5.73 Å². The van der Waals surface area contributed by atoms with Crippen LogP contribution >= 0.6 is 27.7 Å². The van der Waals surface area contributed by atoms with Gasteiger partial charge in [-0.1, -0.05) is 28.1 Å². The van der Waals surface area contributed by atoms with Crippen LogP contribution < -0.4 is 5.73 Å². The van der Waals surface area contributed by atoms with E-state index < -0.39 is 5.91 Å². The maximum Gasteiger partial charge on any atom is 0.227 e. The van der Waals surface area contributed by atoms with E-state index in [0.717, 1.165) is 4.47 Å². The van der Waals surface area contributed by atoms with Gasteiger partial charge in [0.25, 0.3) is 0 Å². The van der Waals surface area contributed by atoms with Crippen LogP contribution in [0.25, 0.3) is 0 Å². The lowest BCUT2D eigenvalue weighted by Crippen LogP contribution is -2.14. The van der Waals surface area contributed by atoms with Crippen molar-refractivity contribution >= 4 is 39.4 Å². The van der Waals surface area contributed by atoms with Crippen molar-refractivity contribution in [2.45, 2.75) is 0 Å². The Bertz CT molecular complexity index is 364. The van der Waals surface area contributed by atoms with Crippen LogP contribution in [-0.4, -0.2) is 23.2 Å². The average Bonchev–Trinajstić information content (AvgIpc) is 2.18. The first-order valence-electron chi connectivity index (χ1n) is 4.24. The largest absolute Gasteiger partial charge is 0.369 e. The normalized spacial score (nSPS) is 9.93. The summed E-state index contributed by atoms with van der Waals surface area (Å²) in [4.78, 5) is 22.0. The number of hydrogen-bond acceptors (Lipinski definition) is 3. The average molecular weight is 288 g/mol. The Hall–Kier alpha value is -0.810. The van der Waals surface area contributed by atoms with Crippen molar-refractivity contribution in [1.82, 2.24) is 0 Å². The molecule has 80 valence electrons. The Morgan fingerprint density at radius 1 is 1.20 bits per heavy atom. The van der Waals surface area contributed by atoms with Gasteiger partial charge in [-0.2, -0.15) is 0 Å². The molecule has 0 atom stereocenters. The third-order valence-electron chi connectivity index (χ3n) is 1.64. The fourth-order valence-electron chi connectivity index (χ4n) is 0.963. The molecule has 2 N–H and O–H groups in total. The van der Waals surface area contributed by atoms with Crippen molar-refractivity contribution in [3.63, 3.8) is 0 Å². The summed E-state index contributed by atoms with van der Waals surface area (Å²) >= 11 is 4.52. The lowest BCUT2D eigenvalue weighted by molar-refractivity contribution is -0.115. The fourth-order valence-corrected chi connectivity index (χ4v) is 1.88. The molecule has 1 aromatic rings. The topological polar surface area (TPSA) is 60.2 Å². The maximum atomic E-state index is 11.5. The van der Waals surface area contributed by atoms with Gasteiger partial charge in [-0.15, -0.1) is 11.8 Å². The van der Waals surface area contributed by atoms with Crippen LogP contribution in [0.2, 0.25) is 0 Å². The minimum absolute atomic E-state index is 0.00810. The molecule has 5 heteroatoms. The number of nitrogens with two attached hydrogens (primary N) is 1. The first-order chi connectivity index (χ1) is 7.09. The van der Waals surface area contributed by atoms with E-state index in [4.69, 9.17) is 5.73 Å². The number of halogens is 1. The standard InChI is InChI=1S/C10H10BrNO2S/c11-8-3-1-7(2-4-8)9(13)5-15-6-10(12)14/h1-4H,5-6H2,(H2,12,14). The molecule has 0 spiro atoms. The number of amides is 1. The number of carbonyl (C=O) groups is 2. The zero-order valence-electron chi connectivity index (χ0n) is 7.90. The van der Waals surface area contributed by atoms with Crippen LogP contribution in [-0.2, 0) is 4.79 Å². The highest BCUT2D eigenvalue weighted by Gasteiger charge is 2.06. The molecule has 1 rings (SSSR count). The molecule has 0 unspecified atom stereocenters. The molecule has 0 aromatic heterocycles. The van der Waals surface area contributed by atoms with Crippen LogP contribution in [0.1, 0.15) is 10.4 Å². The Balaban J connectivity index is 2.47. The zero-order valence-corrected chi connectivity index (χ0v) is 10.3. The smallest absolute Gasteiger partial charge is 0.227 e. The molecule has 0 saturated carbocycles. The van der Waals surface area contributed by atoms with Crippen LogP contribution in [0.4, 0.5) is 0 Å². The summed E-state index contributed by atoms with van der Waals surface area (Å²) in [7, 11) is 0. The van der Waals surface area contributed by atoms with Crippen molar-refractivity contribution in [3.05, 3.63) is 34.3 Å². The van der Waals surface area contributed by atoms with Gasteiger partial charge in [0.05, 0.1) is 11.5 Å². The van der Waals surface area contributed by atoms with Crippen molar-refractivity contribution in [1.29, 1.82) is 0 Å². The van der Waals surface area contributed by atoms with E-state index in [1.54, 1.807) is 12.1 Å². The number of benzene rings is 1. The highest BCUT2D eigenvalue weighted by Crippen LogP contribution is 2.12. The predicted octanol–water partition coefficient (Wildman–Crippen LogP) is 1.85. The predicted molar refractivity (Wildman–Crippen MR) is 65.0 cm³/mol. The lowest BCUT2D eigenvalue weighted by Gasteiger charge is -2.00. The quantitative estimate of drug-likeness (QED) is 0.841. The van der Waals surface area contributed by atoms with E-state index in [1.807, 2.05) is 12.1 Å². The molecule has 0 aliphatic heterocycles. The summed E-state index contributed by atoms with van der Waals surface area (Å²) < 4.78 is 0.934. The number of thioether (sulfide) groups is 1. The zero-order chi connectivity index (χ0) is 11.3. The molecule has 0 heterocycles. The van der Waals surface area contributed by atoms with E-state index in [9.17, 15) is 9.59 Å². The third kappa shape index (κ3) is 4.48. The summed E-state index contributed by atoms with van der Waals surface area (Å²) in [6.45, 7) is 0. The van der Waals surface area contributed by atoms with E-state index in [1.165, 1.54) is 11.8 Å². The highest BCUT2D eigenvalue weighted by atomic mass is 79.9. The van der Waals surface area contributed by atoms with E-state index in [-0.39, 0.29) is 17.3 Å². The second kappa shape index (κ2) is 5.92. The van der Waals surface area contributed by atoms with Crippen molar-refractivity contribution < 1.29 is 9.59 Å². The SMILES string of the molecule is NC(=O)CSCC(=O)c1ccc(Br)cc1. The molecule has 0 saturated heterocycles. The van der Waals surface area contributed by atoms with Gasteiger partial charge in [-0.05, 0) is 12.1 Å². The molecule has 0 aliphatic carbocycles. The maximum absolute atomic E-state index is 11.5. The van der Waals surface area contributed by atoms with Crippen molar-refractivity contribution in [3.8, 4) is 0 Å². The number of Topliss-reactive ketones (excluding diaryl/α,β-unsaturated/α-hetero) is 1. The van der Waals surface area contributed by atoms with E-state index in [2.05, 4.69) is 15.9 Å². The van der Waals surface area contributed by atoms with Crippen LogP contribution in [0, 0.1) is 0 Å². The van der Waals surface area contributed by atoms with Crippen LogP contribution in [0.5, 0.6) is 0 Å². The minimum Gasteiger partial charge on any atom is -0.369 e. The molecular formula is C10H10BrNO2S. The van der Waals surface area contributed by atoms with Gasteiger partial charge >= 0.3 is 0 Å². The molecule has 0 fully saturated rings. The minimum atomic E-state index is -0.399. The van der Waals surface area contributed by atoms with E-state index in [0.29, 0.717) is 5.56 Å². The summed E-state index contributed by atoms with van der Waals surface area (Å²) in [6.07, 6.45) is 0. The number of carbonyl (C=O) groups excluding carboxylic acids is 2. The molecule has 0 radical (unpaired) electrons. The van der Waals surface area contributed by atoms with Gasteiger partial charge in [-0.3, -0.25) is 9.59 Å². The Morgan fingerprint density at radius 3 is 2.33 bits per heavy atom. The van der Waals surface area contributed by atoms with Gasteiger partial charge in [0.2, 0.25) is 5.91 Å². The Morgan fingerprint density at radius 2 is 1.80 bits per heavy atom. The first-order valence-corrected chi connectivity index (χ1v) is 6.19. The van der Waals surface area contributed by atoms with Crippen molar-refractivity contribution in [2.24, 2.45) is 5.73 Å². The molecule has 0 aliphatic rings. The first kappa shape index (κ1) is 12.3. The molecule has 1 amide bonds. The van der Waals surface area contributed by atoms with Gasteiger partial charge in [-0.25, -0.2) is 0 Å². The monoisotopic (exact) mass is 287 g/mol. The molecular weight excluding hydrogens is 278 g/mol. The van der Waals surface area contributed by atoms with Gasteiger partial charge in [0, 0.05) is 10.0 Å². The van der Waals surface area contributed by atoms with Crippen LogP contribution in [0.15, 0.2) is 28.7 Å². The summed E-state index contributed by atoms with van der Waals surface area (Å²) in [5, 5.41) is 0. The second-order valence-electron chi connectivity index (χ2n) is 2.89. The molecule has 0 bridgehead atoms. The highest BCUT2D eigenvalue weighted by molar-refractivity contribution is 9.10. The Kier molecular flexibility index (Phi) is 4.84. The number of hydrogen-bond donors (Lipinski definition) is 1. The van der Waals surface area contributed by atoms with Crippen molar-refractivity contribution in [2.75, 3.05) is 11.5 Å². The number of primary amides is 1. The van der Waals surface area contributed by atoms with Gasteiger partial charge in [0.15, 0.2) is 5.78 Å². The number of rotatable bonds is 5. The Labute approximate surface area is 101 Å². The summed E-state index contributed by atoms with van der Waals surface area (Å²) in [5.74, 6) is 0.0738. The number of ketones is 1. The van der Waals surface area contributed by atoms with Crippen LogP contribution in [0.3, 0.4) is 0 Å². The summed E-state index contributed by atoms with van der Waals surface area (Å²) in [5.41, 5.74) is 5.61. The van der Waals surface area contributed by atoms with E-state index >= 15 is 0 Å². The molecule has 1 aromatic carbocycles. The van der Waals surface area contributed by atoms with Gasteiger partial charge in [0.1, 0.15) is 0 Å². The second-order valence-corrected chi connectivity index (χ2v) is 4.79. The molecule has 15 heavy (non-hydrogen) atoms.